The monoisotopic (exact) mass is 271 g/mol. The van der Waals surface area contributed by atoms with Crippen molar-refractivity contribution >= 4 is 11.9 Å². The molecule has 5 nitrogen and oxygen atoms in total. The fourth-order valence-electron chi connectivity index (χ4n) is 2.67. The Bertz CT molecular complexity index is 327. The molecule has 0 aromatic heterocycles. The number of amides is 1. The molecule has 1 aliphatic carbocycles. The van der Waals surface area contributed by atoms with E-state index < -0.39 is 11.9 Å². The first kappa shape index (κ1) is 16.0. The molecule has 0 aromatic carbocycles. The van der Waals surface area contributed by atoms with Crippen molar-refractivity contribution in [2.24, 2.45) is 17.3 Å². The summed E-state index contributed by atoms with van der Waals surface area (Å²) in [6, 6.07) is 0. The first-order chi connectivity index (χ1) is 8.87. The number of carbonyl (C=O) groups is 2. The second kappa shape index (κ2) is 6.89. The van der Waals surface area contributed by atoms with Gasteiger partial charge in [-0.15, -0.1) is 0 Å². The predicted molar refractivity (Wildman–Crippen MR) is 71.6 cm³/mol. The van der Waals surface area contributed by atoms with Gasteiger partial charge in [0.15, 0.2) is 0 Å². The third kappa shape index (κ3) is 4.82. The van der Waals surface area contributed by atoms with E-state index in [0.717, 1.165) is 12.8 Å². The van der Waals surface area contributed by atoms with Gasteiger partial charge in [-0.1, -0.05) is 20.3 Å². The first-order valence-electron chi connectivity index (χ1n) is 6.99. The molecule has 1 rings (SSSR count). The molecule has 0 aromatic rings. The van der Waals surface area contributed by atoms with Crippen molar-refractivity contribution in [2.45, 2.75) is 46.0 Å². The lowest BCUT2D eigenvalue weighted by Gasteiger charge is -2.26. The van der Waals surface area contributed by atoms with Crippen LogP contribution in [0.4, 0.5) is 0 Å². The van der Waals surface area contributed by atoms with Gasteiger partial charge in [0, 0.05) is 13.2 Å². The quantitative estimate of drug-likeness (QED) is 0.653. The van der Waals surface area contributed by atoms with Crippen molar-refractivity contribution in [1.82, 2.24) is 5.32 Å². The van der Waals surface area contributed by atoms with Crippen molar-refractivity contribution in [3.8, 4) is 0 Å². The molecule has 19 heavy (non-hydrogen) atoms. The van der Waals surface area contributed by atoms with Crippen LogP contribution in [0.5, 0.6) is 0 Å². The van der Waals surface area contributed by atoms with Crippen LogP contribution in [-0.4, -0.2) is 35.2 Å². The number of aliphatic hydroxyl groups is 1. The van der Waals surface area contributed by atoms with Gasteiger partial charge in [-0.25, -0.2) is 0 Å². The summed E-state index contributed by atoms with van der Waals surface area (Å²) in [6.45, 7) is 4.74. The van der Waals surface area contributed by atoms with Crippen LogP contribution < -0.4 is 5.32 Å². The Kier molecular flexibility index (Phi) is 5.79. The van der Waals surface area contributed by atoms with E-state index in [4.69, 9.17) is 10.2 Å². The Morgan fingerprint density at radius 2 is 1.89 bits per heavy atom. The molecule has 1 amide bonds. The Balaban J connectivity index is 2.44. The average molecular weight is 271 g/mol. The van der Waals surface area contributed by atoms with Crippen molar-refractivity contribution in [1.29, 1.82) is 0 Å². The van der Waals surface area contributed by atoms with Gasteiger partial charge in [0.1, 0.15) is 0 Å². The lowest BCUT2D eigenvalue weighted by atomic mass is 9.87. The highest BCUT2D eigenvalue weighted by atomic mass is 16.4. The molecule has 0 aliphatic heterocycles. The van der Waals surface area contributed by atoms with Crippen LogP contribution in [0.2, 0.25) is 0 Å². The number of rotatable bonds is 7. The number of hydrogen-bond acceptors (Lipinski definition) is 3. The van der Waals surface area contributed by atoms with E-state index in [1.54, 1.807) is 0 Å². The second-order valence-electron chi connectivity index (χ2n) is 6.19. The molecule has 0 unspecified atom stereocenters. The number of nitrogens with one attached hydrogen (secondary N) is 1. The Morgan fingerprint density at radius 1 is 1.26 bits per heavy atom. The molecule has 3 N–H and O–H groups in total. The number of carboxylic acid groups (broad SMARTS) is 1. The third-order valence-electron chi connectivity index (χ3n) is 3.92. The zero-order valence-corrected chi connectivity index (χ0v) is 11.8. The first-order valence-corrected chi connectivity index (χ1v) is 6.99. The van der Waals surface area contributed by atoms with E-state index in [1.165, 1.54) is 0 Å². The van der Waals surface area contributed by atoms with Crippen molar-refractivity contribution in [3.63, 3.8) is 0 Å². The standard InChI is InChI=1S/C14H25NO4/c1-14(2,7-4-8-16)9-15-12(17)10-5-3-6-11(10)13(18)19/h10-11,16H,3-9H2,1-2H3,(H,15,17)(H,18,19)/t10-,11+/m1/s1. The van der Waals surface area contributed by atoms with Gasteiger partial charge in [0.25, 0.3) is 0 Å². The smallest absolute Gasteiger partial charge is 0.307 e. The molecule has 0 heterocycles. The number of carboxylic acids is 1. The summed E-state index contributed by atoms with van der Waals surface area (Å²) in [4.78, 5) is 23.1. The summed E-state index contributed by atoms with van der Waals surface area (Å²) in [5, 5.41) is 20.8. The molecular weight excluding hydrogens is 246 g/mol. The fraction of sp³-hybridized carbons (Fsp3) is 0.857. The average Bonchev–Trinajstić information content (AvgIpc) is 2.83. The van der Waals surface area contributed by atoms with Crippen LogP contribution in [0.15, 0.2) is 0 Å². The predicted octanol–water partition coefficient (Wildman–Crippen LogP) is 1.40. The van der Waals surface area contributed by atoms with Gasteiger partial charge in [0.2, 0.25) is 5.91 Å². The minimum absolute atomic E-state index is 0.0737. The molecule has 0 spiro atoms. The maximum Gasteiger partial charge on any atom is 0.307 e. The zero-order valence-electron chi connectivity index (χ0n) is 11.8. The van der Waals surface area contributed by atoms with Crippen molar-refractivity contribution in [3.05, 3.63) is 0 Å². The van der Waals surface area contributed by atoms with Gasteiger partial charge < -0.3 is 15.5 Å². The van der Waals surface area contributed by atoms with Gasteiger partial charge in [-0.3, -0.25) is 9.59 Å². The van der Waals surface area contributed by atoms with E-state index >= 15 is 0 Å². The van der Waals surface area contributed by atoms with Crippen LogP contribution in [0.1, 0.15) is 46.0 Å². The number of aliphatic carboxylic acids is 1. The Hall–Kier alpha value is -1.10. The van der Waals surface area contributed by atoms with E-state index in [1.807, 2.05) is 13.8 Å². The lowest BCUT2D eigenvalue weighted by molar-refractivity contribution is -0.146. The van der Waals surface area contributed by atoms with Gasteiger partial charge in [-0.2, -0.15) is 0 Å². The lowest BCUT2D eigenvalue weighted by Crippen LogP contribution is -2.40. The van der Waals surface area contributed by atoms with Crippen LogP contribution in [0.25, 0.3) is 0 Å². The fourth-order valence-corrected chi connectivity index (χ4v) is 2.67. The highest BCUT2D eigenvalue weighted by Gasteiger charge is 2.37. The zero-order chi connectivity index (χ0) is 14.5. The van der Waals surface area contributed by atoms with Crippen molar-refractivity contribution in [2.75, 3.05) is 13.2 Å². The second-order valence-corrected chi connectivity index (χ2v) is 6.19. The highest BCUT2D eigenvalue weighted by molar-refractivity contribution is 5.85. The molecule has 2 atom stereocenters. The maximum atomic E-state index is 12.1. The molecule has 110 valence electrons. The Morgan fingerprint density at radius 3 is 2.47 bits per heavy atom. The van der Waals surface area contributed by atoms with Crippen molar-refractivity contribution < 1.29 is 19.8 Å². The largest absolute Gasteiger partial charge is 0.481 e. The normalized spacial score (nSPS) is 23.3. The highest BCUT2D eigenvalue weighted by Crippen LogP contribution is 2.32. The summed E-state index contributed by atoms with van der Waals surface area (Å²) in [5.74, 6) is -1.91. The summed E-state index contributed by atoms with van der Waals surface area (Å²) in [5.41, 5.74) is -0.0737. The summed E-state index contributed by atoms with van der Waals surface area (Å²) < 4.78 is 0. The third-order valence-corrected chi connectivity index (χ3v) is 3.92. The summed E-state index contributed by atoms with van der Waals surface area (Å²) in [6.07, 6.45) is 3.62. The van der Waals surface area contributed by atoms with Crippen LogP contribution >= 0.6 is 0 Å². The van der Waals surface area contributed by atoms with Gasteiger partial charge >= 0.3 is 5.97 Å². The minimum atomic E-state index is -0.864. The van der Waals surface area contributed by atoms with E-state index in [0.29, 0.717) is 25.8 Å². The molecule has 0 radical (unpaired) electrons. The molecule has 1 aliphatic rings. The number of aliphatic hydroxyl groups excluding tert-OH is 1. The topological polar surface area (TPSA) is 86.6 Å². The molecule has 5 heteroatoms. The van der Waals surface area contributed by atoms with E-state index in [2.05, 4.69) is 5.32 Å². The summed E-state index contributed by atoms with van der Waals surface area (Å²) >= 11 is 0. The number of carbonyl (C=O) groups excluding carboxylic acids is 1. The van der Waals surface area contributed by atoms with Gasteiger partial charge in [-0.05, 0) is 31.1 Å². The van der Waals surface area contributed by atoms with E-state index in [9.17, 15) is 9.59 Å². The van der Waals surface area contributed by atoms with E-state index in [-0.39, 0.29) is 23.8 Å². The maximum absolute atomic E-state index is 12.1. The molecule has 0 bridgehead atoms. The SMILES string of the molecule is CC(C)(CCCO)CNC(=O)[C@@H]1CCC[C@@H]1C(=O)O. The van der Waals surface area contributed by atoms with Crippen LogP contribution in [0.3, 0.4) is 0 Å². The molecule has 1 saturated carbocycles. The van der Waals surface area contributed by atoms with Crippen LogP contribution in [-0.2, 0) is 9.59 Å². The minimum Gasteiger partial charge on any atom is -0.481 e. The van der Waals surface area contributed by atoms with Gasteiger partial charge in [0.05, 0.1) is 11.8 Å². The summed E-state index contributed by atoms with van der Waals surface area (Å²) in [7, 11) is 0. The van der Waals surface area contributed by atoms with Crippen LogP contribution in [0, 0.1) is 17.3 Å². The molecule has 1 fully saturated rings. The Labute approximate surface area is 114 Å². The number of hydrogen-bond donors (Lipinski definition) is 3. The molecular formula is C14H25NO4. The molecule has 0 saturated heterocycles.